The van der Waals surface area contributed by atoms with Crippen LogP contribution in [0.2, 0.25) is 0 Å². The summed E-state index contributed by atoms with van der Waals surface area (Å²) in [4.78, 5) is 50.1. The number of hydrogen-bond acceptors (Lipinski definition) is 5. The summed E-state index contributed by atoms with van der Waals surface area (Å²) in [7, 11) is 0. The lowest BCUT2D eigenvalue weighted by atomic mass is 10.0. The van der Waals surface area contributed by atoms with E-state index in [4.69, 9.17) is 0 Å². The number of rotatable bonds is 11. The molecule has 0 aromatic heterocycles. The number of nitrogens with one attached hydrogen (secondary N) is 4. The molecular weight excluding hydrogens is 448 g/mol. The molecule has 3 rings (SSSR count). The molecule has 4 atom stereocenters. The average Bonchev–Trinajstić information content (AvgIpc) is 3.39. The molecular formula is C26H32N4O5. The highest BCUT2D eigenvalue weighted by Crippen LogP contribution is 2.09. The van der Waals surface area contributed by atoms with Gasteiger partial charge in [-0.3, -0.25) is 14.4 Å². The second-order valence-corrected chi connectivity index (χ2v) is 8.72. The summed E-state index contributed by atoms with van der Waals surface area (Å²) >= 11 is 0. The summed E-state index contributed by atoms with van der Waals surface area (Å²) < 4.78 is 0. The lowest BCUT2D eigenvalue weighted by molar-refractivity contribution is -0.142. The van der Waals surface area contributed by atoms with Crippen molar-refractivity contribution in [2.75, 3.05) is 6.54 Å². The molecule has 2 aromatic rings. The fourth-order valence-electron chi connectivity index (χ4n) is 3.97. The number of benzene rings is 2. The number of aliphatic carboxylic acids is 1. The summed E-state index contributed by atoms with van der Waals surface area (Å²) in [5.41, 5.74) is 1.63. The third kappa shape index (κ3) is 7.92. The Morgan fingerprint density at radius 1 is 0.857 bits per heavy atom. The maximum atomic E-state index is 13.1. The fourth-order valence-corrected chi connectivity index (χ4v) is 3.97. The van der Waals surface area contributed by atoms with Gasteiger partial charge in [0.2, 0.25) is 17.7 Å². The van der Waals surface area contributed by atoms with Crippen molar-refractivity contribution in [1.29, 1.82) is 0 Å². The Kier molecular flexibility index (Phi) is 9.37. The molecule has 0 spiro atoms. The van der Waals surface area contributed by atoms with E-state index in [1.165, 1.54) is 6.92 Å². The molecule has 0 bridgehead atoms. The minimum atomic E-state index is -1.17. The topological polar surface area (TPSA) is 137 Å². The first-order valence-corrected chi connectivity index (χ1v) is 11.8. The van der Waals surface area contributed by atoms with Gasteiger partial charge in [0.25, 0.3) is 0 Å². The third-order valence-electron chi connectivity index (χ3n) is 5.94. The standard InChI is InChI=1S/C26H32N4O5/c1-17(23(31)30-22(26(34)35)16-19-11-6-3-7-12-19)28-25(33)21(15-18-9-4-2-5-10-18)29-24(32)20-13-8-14-27-20/h2-7,9-12,17,20-22,27H,8,13-16H2,1H3,(H,28,33)(H,29,32)(H,30,31)(H,34,35). The molecule has 9 heteroatoms. The quantitative estimate of drug-likeness (QED) is 0.322. The van der Waals surface area contributed by atoms with Crippen LogP contribution < -0.4 is 21.3 Å². The van der Waals surface area contributed by atoms with E-state index in [9.17, 15) is 24.3 Å². The highest BCUT2D eigenvalue weighted by molar-refractivity contribution is 5.94. The van der Waals surface area contributed by atoms with Crippen molar-refractivity contribution >= 4 is 23.7 Å². The molecule has 35 heavy (non-hydrogen) atoms. The van der Waals surface area contributed by atoms with Crippen LogP contribution in [0.4, 0.5) is 0 Å². The van der Waals surface area contributed by atoms with Gasteiger partial charge in [0, 0.05) is 12.8 Å². The van der Waals surface area contributed by atoms with Gasteiger partial charge >= 0.3 is 5.97 Å². The van der Waals surface area contributed by atoms with Crippen LogP contribution in [0.1, 0.15) is 30.9 Å². The van der Waals surface area contributed by atoms with E-state index < -0.39 is 35.9 Å². The molecule has 1 fully saturated rings. The second kappa shape index (κ2) is 12.7. The van der Waals surface area contributed by atoms with Gasteiger partial charge in [-0.2, -0.15) is 0 Å². The van der Waals surface area contributed by atoms with E-state index in [0.29, 0.717) is 6.42 Å². The van der Waals surface area contributed by atoms with Crippen molar-refractivity contribution in [3.05, 3.63) is 71.8 Å². The largest absolute Gasteiger partial charge is 0.480 e. The molecule has 1 aliphatic rings. The zero-order valence-corrected chi connectivity index (χ0v) is 19.7. The SMILES string of the molecule is CC(NC(=O)C(Cc1ccccc1)NC(=O)C1CCCN1)C(=O)NC(Cc1ccccc1)C(=O)O. The molecule has 9 nitrogen and oxygen atoms in total. The number of carbonyl (C=O) groups is 4. The molecule has 4 unspecified atom stereocenters. The minimum Gasteiger partial charge on any atom is -0.480 e. The molecule has 1 heterocycles. The van der Waals surface area contributed by atoms with E-state index in [2.05, 4.69) is 21.3 Å². The summed E-state index contributed by atoms with van der Waals surface area (Å²) in [5.74, 6) is -2.56. The van der Waals surface area contributed by atoms with E-state index in [1.54, 1.807) is 24.3 Å². The maximum absolute atomic E-state index is 13.1. The summed E-state index contributed by atoms with van der Waals surface area (Å²) in [6, 6.07) is 14.9. The third-order valence-corrected chi connectivity index (χ3v) is 5.94. The molecule has 2 aromatic carbocycles. The normalized spacial score (nSPS) is 17.6. The first-order valence-electron chi connectivity index (χ1n) is 11.8. The number of amides is 3. The zero-order chi connectivity index (χ0) is 25.2. The molecule has 1 saturated heterocycles. The minimum absolute atomic E-state index is 0.115. The molecule has 0 saturated carbocycles. The highest BCUT2D eigenvalue weighted by Gasteiger charge is 2.30. The summed E-state index contributed by atoms with van der Waals surface area (Å²) in [6.45, 7) is 2.23. The molecule has 0 aliphatic carbocycles. The maximum Gasteiger partial charge on any atom is 0.326 e. The summed E-state index contributed by atoms with van der Waals surface area (Å²) in [5, 5.41) is 20.6. The van der Waals surface area contributed by atoms with Gasteiger partial charge in [0.15, 0.2) is 0 Å². The van der Waals surface area contributed by atoms with Crippen LogP contribution in [0.3, 0.4) is 0 Å². The Hall–Kier alpha value is -3.72. The van der Waals surface area contributed by atoms with E-state index >= 15 is 0 Å². The van der Waals surface area contributed by atoms with Crippen LogP contribution in [0.5, 0.6) is 0 Å². The van der Waals surface area contributed by atoms with Crippen LogP contribution in [0.15, 0.2) is 60.7 Å². The molecule has 0 radical (unpaired) electrons. The van der Waals surface area contributed by atoms with E-state index in [0.717, 1.165) is 24.1 Å². The fraction of sp³-hybridized carbons (Fsp3) is 0.385. The predicted molar refractivity (Wildman–Crippen MR) is 130 cm³/mol. The smallest absolute Gasteiger partial charge is 0.326 e. The van der Waals surface area contributed by atoms with Gasteiger partial charge in [-0.05, 0) is 37.4 Å². The highest BCUT2D eigenvalue weighted by atomic mass is 16.4. The predicted octanol–water partition coefficient (Wildman–Crippen LogP) is 0.783. The monoisotopic (exact) mass is 480 g/mol. The van der Waals surface area contributed by atoms with Gasteiger partial charge in [-0.15, -0.1) is 0 Å². The van der Waals surface area contributed by atoms with Gasteiger partial charge < -0.3 is 26.4 Å². The van der Waals surface area contributed by atoms with Crippen molar-refractivity contribution < 1.29 is 24.3 Å². The Bertz CT molecular complexity index is 1010. The van der Waals surface area contributed by atoms with Crippen LogP contribution in [-0.4, -0.2) is 59.5 Å². The van der Waals surface area contributed by atoms with Gasteiger partial charge in [-0.1, -0.05) is 60.7 Å². The van der Waals surface area contributed by atoms with E-state index in [1.807, 2.05) is 36.4 Å². The molecule has 186 valence electrons. The Morgan fingerprint density at radius 3 is 1.94 bits per heavy atom. The molecule has 1 aliphatic heterocycles. The number of carbonyl (C=O) groups excluding carboxylic acids is 3. The lowest BCUT2D eigenvalue weighted by Crippen LogP contribution is -2.57. The Balaban J connectivity index is 1.63. The Morgan fingerprint density at radius 2 is 1.43 bits per heavy atom. The zero-order valence-electron chi connectivity index (χ0n) is 19.7. The van der Waals surface area contributed by atoms with Crippen molar-refractivity contribution in [2.24, 2.45) is 0 Å². The van der Waals surface area contributed by atoms with Crippen molar-refractivity contribution in [3.63, 3.8) is 0 Å². The van der Waals surface area contributed by atoms with E-state index in [-0.39, 0.29) is 24.8 Å². The molecule has 5 N–H and O–H groups in total. The Labute approximate surface area is 204 Å². The van der Waals surface area contributed by atoms with Crippen LogP contribution in [0.25, 0.3) is 0 Å². The van der Waals surface area contributed by atoms with Crippen LogP contribution in [-0.2, 0) is 32.0 Å². The first kappa shape index (κ1) is 25.9. The number of carboxylic acid groups (broad SMARTS) is 1. The lowest BCUT2D eigenvalue weighted by Gasteiger charge is -2.23. The van der Waals surface area contributed by atoms with Crippen molar-refractivity contribution in [1.82, 2.24) is 21.3 Å². The number of carboxylic acids is 1. The van der Waals surface area contributed by atoms with Crippen LogP contribution >= 0.6 is 0 Å². The van der Waals surface area contributed by atoms with Gasteiger partial charge in [0.05, 0.1) is 6.04 Å². The van der Waals surface area contributed by atoms with Gasteiger partial charge in [0.1, 0.15) is 18.1 Å². The van der Waals surface area contributed by atoms with Gasteiger partial charge in [-0.25, -0.2) is 4.79 Å². The number of hydrogen-bond donors (Lipinski definition) is 5. The van der Waals surface area contributed by atoms with Crippen molar-refractivity contribution in [2.45, 2.75) is 56.8 Å². The average molecular weight is 481 g/mol. The first-order chi connectivity index (χ1) is 16.8. The molecule has 3 amide bonds. The summed E-state index contributed by atoms with van der Waals surface area (Å²) in [6.07, 6.45) is 1.95. The van der Waals surface area contributed by atoms with Crippen molar-refractivity contribution in [3.8, 4) is 0 Å². The second-order valence-electron chi connectivity index (χ2n) is 8.72. The van der Waals surface area contributed by atoms with Crippen LogP contribution in [0, 0.1) is 0 Å².